The van der Waals surface area contributed by atoms with Crippen LogP contribution in [0.4, 0.5) is 0 Å². The molecule has 0 fully saturated rings. The van der Waals surface area contributed by atoms with Crippen LogP contribution >= 0.6 is 15.9 Å². The highest BCUT2D eigenvalue weighted by molar-refractivity contribution is 9.10. The minimum absolute atomic E-state index is 0.0209. The van der Waals surface area contributed by atoms with Gasteiger partial charge < -0.3 is 5.32 Å². The van der Waals surface area contributed by atoms with Gasteiger partial charge in [0.15, 0.2) is 9.84 Å². The van der Waals surface area contributed by atoms with Crippen molar-refractivity contribution >= 4 is 31.7 Å². The molecule has 0 aliphatic carbocycles. The Balaban J connectivity index is 1.56. The fourth-order valence-electron chi connectivity index (χ4n) is 3.16. The first kappa shape index (κ1) is 17.9. The monoisotopic (exact) mass is 445 g/mol. The minimum atomic E-state index is -3.28. The second-order valence-electron chi connectivity index (χ2n) is 6.32. The van der Waals surface area contributed by atoms with Crippen molar-refractivity contribution in [1.29, 1.82) is 0 Å². The van der Waals surface area contributed by atoms with E-state index in [0.717, 1.165) is 10.2 Å². The van der Waals surface area contributed by atoms with Gasteiger partial charge in [-0.3, -0.25) is 4.79 Å². The second-order valence-corrected chi connectivity index (χ2v) is 9.31. The van der Waals surface area contributed by atoms with Crippen LogP contribution in [0.2, 0.25) is 0 Å². The molecule has 138 valence electrons. The quantitative estimate of drug-likeness (QED) is 0.670. The lowest BCUT2D eigenvalue weighted by molar-refractivity contribution is 0.0934. The normalized spacial score (nSPS) is 17.9. The molecule has 0 saturated heterocycles. The zero-order valence-electron chi connectivity index (χ0n) is 14.2. The maximum Gasteiger partial charge on any atom is 0.254 e. The average Bonchev–Trinajstić information content (AvgIpc) is 3.15. The number of benzene rings is 2. The van der Waals surface area contributed by atoms with Gasteiger partial charge in [0.1, 0.15) is 0 Å². The van der Waals surface area contributed by atoms with Crippen molar-refractivity contribution in [2.24, 2.45) is 0 Å². The molecule has 1 aliphatic rings. The molecule has 8 heteroatoms. The average molecular weight is 446 g/mol. The lowest BCUT2D eigenvalue weighted by Crippen LogP contribution is -2.33. The minimum Gasteiger partial charge on any atom is -0.345 e. The van der Waals surface area contributed by atoms with E-state index in [1.807, 2.05) is 24.3 Å². The van der Waals surface area contributed by atoms with E-state index < -0.39 is 9.84 Å². The van der Waals surface area contributed by atoms with Gasteiger partial charge in [-0.15, -0.1) is 0 Å². The van der Waals surface area contributed by atoms with E-state index in [1.54, 1.807) is 35.1 Å². The molecule has 1 amide bonds. The van der Waals surface area contributed by atoms with Crippen LogP contribution < -0.4 is 5.32 Å². The molecule has 1 aliphatic heterocycles. The van der Waals surface area contributed by atoms with E-state index in [4.69, 9.17) is 0 Å². The summed E-state index contributed by atoms with van der Waals surface area (Å²) in [6.07, 6.45) is 3.51. The maximum absolute atomic E-state index is 12.7. The summed E-state index contributed by atoms with van der Waals surface area (Å²) < 4.78 is 27.0. The molecular weight excluding hydrogens is 430 g/mol. The summed E-state index contributed by atoms with van der Waals surface area (Å²) >= 11 is 3.39. The highest BCUT2D eigenvalue weighted by atomic mass is 79.9. The van der Waals surface area contributed by atoms with Gasteiger partial charge in [-0.25, -0.2) is 13.1 Å². The van der Waals surface area contributed by atoms with E-state index >= 15 is 0 Å². The van der Waals surface area contributed by atoms with Crippen LogP contribution in [-0.2, 0) is 9.84 Å². The molecule has 27 heavy (non-hydrogen) atoms. The Labute approximate surface area is 165 Å². The fourth-order valence-corrected chi connectivity index (χ4v) is 5.04. The third kappa shape index (κ3) is 3.54. The predicted octanol–water partition coefficient (Wildman–Crippen LogP) is 3.28. The van der Waals surface area contributed by atoms with Crippen molar-refractivity contribution in [1.82, 2.24) is 15.1 Å². The summed E-state index contributed by atoms with van der Waals surface area (Å²) in [6, 6.07) is 14.1. The van der Waals surface area contributed by atoms with Crippen molar-refractivity contribution in [2.45, 2.75) is 17.4 Å². The van der Waals surface area contributed by atoms with Gasteiger partial charge in [-0.2, -0.15) is 5.10 Å². The van der Waals surface area contributed by atoms with Gasteiger partial charge >= 0.3 is 0 Å². The second kappa shape index (κ2) is 6.94. The van der Waals surface area contributed by atoms with E-state index in [1.165, 1.54) is 6.20 Å². The van der Waals surface area contributed by atoms with Gasteiger partial charge in [0.25, 0.3) is 5.91 Å². The van der Waals surface area contributed by atoms with Crippen LogP contribution in [0.5, 0.6) is 0 Å². The molecule has 4 rings (SSSR count). The summed E-state index contributed by atoms with van der Waals surface area (Å²) in [4.78, 5) is 13.0. The van der Waals surface area contributed by atoms with Gasteiger partial charge in [-0.1, -0.05) is 34.1 Å². The van der Waals surface area contributed by atoms with Crippen LogP contribution in [0.15, 0.2) is 70.3 Å². The zero-order valence-corrected chi connectivity index (χ0v) is 16.6. The molecular formula is C19H16BrN3O3S. The van der Waals surface area contributed by atoms with E-state index in [-0.39, 0.29) is 17.7 Å². The molecule has 6 nitrogen and oxygen atoms in total. The van der Waals surface area contributed by atoms with Gasteiger partial charge in [-0.05, 0) is 42.3 Å². The molecule has 0 saturated carbocycles. The molecule has 1 unspecified atom stereocenters. The Kier molecular flexibility index (Phi) is 4.61. The first-order valence-corrected chi connectivity index (χ1v) is 10.8. The van der Waals surface area contributed by atoms with Crippen molar-refractivity contribution < 1.29 is 13.2 Å². The zero-order chi connectivity index (χ0) is 19.0. The Morgan fingerprint density at radius 1 is 1.15 bits per heavy atom. The first-order chi connectivity index (χ1) is 12.9. The highest BCUT2D eigenvalue weighted by Gasteiger charge is 2.31. The Bertz CT molecular complexity index is 1110. The summed E-state index contributed by atoms with van der Waals surface area (Å²) in [6.45, 7) is 0. The smallest absolute Gasteiger partial charge is 0.254 e. The van der Waals surface area contributed by atoms with Crippen LogP contribution in [-0.4, -0.2) is 29.9 Å². The number of nitrogens with one attached hydrogen (secondary N) is 1. The van der Waals surface area contributed by atoms with Crippen molar-refractivity contribution in [3.05, 3.63) is 76.5 Å². The van der Waals surface area contributed by atoms with Crippen LogP contribution in [0, 0.1) is 0 Å². The van der Waals surface area contributed by atoms with E-state index in [0.29, 0.717) is 22.4 Å². The summed E-state index contributed by atoms with van der Waals surface area (Å²) in [7, 11) is -3.28. The number of rotatable bonds is 3. The number of hydrogen-bond acceptors (Lipinski definition) is 4. The van der Waals surface area contributed by atoms with Crippen molar-refractivity contribution in [2.75, 3.05) is 5.75 Å². The number of nitrogens with zero attached hydrogens (tertiary/aromatic N) is 2. The molecule has 0 radical (unpaired) electrons. The number of fused-ring (bicyclic) bond motifs is 1. The molecule has 1 atom stereocenters. The molecule has 1 N–H and O–H groups in total. The third-order valence-corrected chi connectivity index (χ3v) is 6.89. The topological polar surface area (TPSA) is 81.1 Å². The summed E-state index contributed by atoms with van der Waals surface area (Å²) in [5.41, 5.74) is 1.90. The maximum atomic E-state index is 12.7. The molecule has 0 spiro atoms. The van der Waals surface area contributed by atoms with Gasteiger partial charge in [0.05, 0.1) is 34.1 Å². The highest BCUT2D eigenvalue weighted by Crippen LogP contribution is 2.32. The molecule has 3 aromatic rings. The number of carbonyl (C=O) groups excluding carboxylic acids is 1. The third-order valence-electron chi connectivity index (χ3n) is 4.55. The van der Waals surface area contributed by atoms with Crippen LogP contribution in [0.1, 0.15) is 28.4 Å². The fraction of sp³-hybridized carbons (Fsp3) is 0.158. The first-order valence-electron chi connectivity index (χ1n) is 8.37. The number of aromatic nitrogens is 2. The van der Waals surface area contributed by atoms with Crippen LogP contribution in [0.3, 0.4) is 0 Å². The van der Waals surface area contributed by atoms with E-state index in [9.17, 15) is 13.2 Å². The lowest BCUT2D eigenvalue weighted by atomic mass is 10.0. The Hall–Kier alpha value is -2.45. The van der Waals surface area contributed by atoms with Gasteiger partial charge in [0.2, 0.25) is 0 Å². The summed E-state index contributed by atoms with van der Waals surface area (Å²) in [5.74, 6) is -0.259. The number of carbonyl (C=O) groups is 1. The molecule has 2 heterocycles. The van der Waals surface area contributed by atoms with Crippen molar-refractivity contribution in [3.63, 3.8) is 0 Å². The van der Waals surface area contributed by atoms with Crippen LogP contribution in [0.25, 0.3) is 5.69 Å². The predicted molar refractivity (Wildman–Crippen MR) is 105 cm³/mol. The number of halogens is 1. The Morgan fingerprint density at radius 2 is 1.89 bits per heavy atom. The van der Waals surface area contributed by atoms with E-state index in [2.05, 4.69) is 26.3 Å². The lowest BCUT2D eigenvalue weighted by Gasteiger charge is -2.26. The Morgan fingerprint density at radius 3 is 2.67 bits per heavy atom. The number of amides is 1. The molecule has 2 aromatic carbocycles. The number of hydrogen-bond donors (Lipinski definition) is 1. The van der Waals surface area contributed by atoms with Gasteiger partial charge in [0, 0.05) is 10.7 Å². The largest absolute Gasteiger partial charge is 0.345 e. The summed E-state index contributed by atoms with van der Waals surface area (Å²) in [5, 5.41) is 7.18. The molecule has 0 bridgehead atoms. The molecule has 1 aromatic heterocycles. The van der Waals surface area contributed by atoms with Crippen molar-refractivity contribution in [3.8, 4) is 5.69 Å². The number of sulfone groups is 1. The SMILES string of the molecule is O=C(NC1CCS(=O)(=O)c2ccccc21)c1cnn(-c2ccc(Br)cc2)c1. The standard InChI is InChI=1S/C19H16BrN3O3S/c20-14-5-7-15(8-6-14)23-12-13(11-21-23)19(24)22-17-9-10-27(25,26)18-4-2-1-3-16(17)18/h1-8,11-12,17H,9-10H2,(H,22,24).